The Morgan fingerprint density at radius 1 is 1.00 bits per heavy atom. The lowest BCUT2D eigenvalue weighted by Gasteiger charge is -2.34. The molecule has 0 radical (unpaired) electrons. The third-order valence-electron chi connectivity index (χ3n) is 6.53. The van der Waals surface area contributed by atoms with Crippen LogP contribution in [0.2, 0.25) is 0 Å². The molecule has 2 aliphatic rings. The number of carbonyl (C=O) groups is 3. The molecule has 2 heterocycles. The zero-order chi connectivity index (χ0) is 23.9. The minimum atomic E-state index is -0.319. The maximum absolute atomic E-state index is 12.6. The van der Waals surface area contributed by atoms with E-state index in [1.165, 1.54) is 0 Å². The van der Waals surface area contributed by atoms with E-state index >= 15 is 0 Å². The molecule has 2 fully saturated rings. The largest absolute Gasteiger partial charge is 0.497 e. The van der Waals surface area contributed by atoms with Crippen molar-refractivity contribution in [1.82, 2.24) is 15.1 Å². The van der Waals surface area contributed by atoms with Gasteiger partial charge in [0.1, 0.15) is 5.75 Å². The standard InChI is InChI=1S/C26H32N4O4/c1-34-23-9-7-20(8-10-23)17-24(31)29-15-13-28(14-16-29)12-11-27-26(33)21-18-25(32)30(19-21)22-5-3-2-4-6-22/h2-10,21H,11-19H2,1H3,(H,27,33). The molecular formula is C26H32N4O4. The molecule has 0 aliphatic carbocycles. The van der Waals surface area contributed by atoms with E-state index < -0.39 is 0 Å². The Hall–Kier alpha value is -3.39. The third-order valence-corrected chi connectivity index (χ3v) is 6.53. The predicted octanol–water partition coefficient (Wildman–Crippen LogP) is 1.55. The number of para-hydroxylation sites is 1. The van der Waals surface area contributed by atoms with Crippen molar-refractivity contribution in [2.45, 2.75) is 12.8 Å². The molecule has 180 valence electrons. The van der Waals surface area contributed by atoms with E-state index in [0.717, 1.165) is 36.6 Å². The van der Waals surface area contributed by atoms with Crippen LogP contribution in [0.3, 0.4) is 0 Å². The highest BCUT2D eigenvalue weighted by atomic mass is 16.5. The van der Waals surface area contributed by atoms with Gasteiger partial charge in [0, 0.05) is 57.9 Å². The minimum Gasteiger partial charge on any atom is -0.497 e. The average Bonchev–Trinajstić information content (AvgIpc) is 3.27. The second-order valence-electron chi connectivity index (χ2n) is 8.78. The first kappa shape index (κ1) is 23.8. The number of anilines is 1. The number of rotatable bonds is 8. The van der Waals surface area contributed by atoms with Crippen LogP contribution in [0.15, 0.2) is 54.6 Å². The van der Waals surface area contributed by atoms with E-state index in [9.17, 15) is 14.4 Å². The van der Waals surface area contributed by atoms with Crippen molar-refractivity contribution in [2.24, 2.45) is 5.92 Å². The fraction of sp³-hybridized carbons (Fsp3) is 0.423. The highest BCUT2D eigenvalue weighted by molar-refractivity contribution is 6.00. The Labute approximate surface area is 200 Å². The molecule has 0 aromatic heterocycles. The van der Waals surface area contributed by atoms with Crippen LogP contribution < -0.4 is 15.0 Å². The lowest BCUT2D eigenvalue weighted by Crippen LogP contribution is -2.50. The normalized spacial score (nSPS) is 18.7. The number of nitrogens with zero attached hydrogens (tertiary/aromatic N) is 3. The van der Waals surface area contributed by atoms with Crippen molar-refractivity contribution < 1.29 is 19.1 Å². The van der Waals surface area contributed by atoms with E-state index in [0.29, 0.717) is 32.6 Å². The van der Waals surface area contributed by atoms with Gasteiger partial charge in [0.15, 0.2) is 0 Å². The zero-order valence-corrected chi connectivity index (χ0v) is 19.6. The van der Waals surface area contributed by atoms with Gasteiger partial charge in [-0.2, -0.15) is 0 Å². The van der Waals surface area contributed by atoms with Gasteiger partial charge < -0.3 is 19.9 Å². The summed E-state index contributed by atoms with van der Waals surface area (Å²) in [5.74, 6) is 0.513. The highest BCUT2D eigenvalue weighted by Crippen LogP contribution is 2.24. The number of carbonyl (C=O) groups excluding carboxylic acids is 3. The molecule has 0 spiro atoms. The Balaban J connectivity index is 1.15. The van der Waals surface area contributed by atoms with Crippen molar-refractivity contribution in [2.75, 3.05) is 57.8 Å². The Bertz CT molecular complexity index is 988. The van der Waals surface area contributed by atoms with Crippen molar-refractivity contribution >= 4 is 23.4 Å². The van der Waals surface area contributed by atoms with Crippen LogP contribution in [-0.2, 0) is 20.8 Å². The van der Waals surface area contributed by atoms with Crippen LogP contribution in [0.5, 0.6) is 5.75 Å². The minimum absolute atomic E-state index is 0.0122. The van der Waals surface area contributed by atoms with E-state index in [2.05, 4.69) is 10.2 Å². The Kier molecular flexibility index (Phi) is 7.80. The van der Waals surface area contributed by atoms with Gasteiger partial charge in [0.2, 0.25) is 17.7 Å². The summed E-state index contributed by atoms with van der Waals surface area (Å²) in [5, 5.41) is 2.99. The molecule has 34 heavy (non-hydrogen) atoms. The Morgan fingerprint density at radius 3 is 2.38 bits per heavy atom. The molecule has 1 atom stereocenters. The lowest BCUT2D eigenvalue weighted by molar-refractivity contribution is -0.132. The van der Waals surface area contributed by atoms with Gasteiger partial charge in [-0.05, 0) is 29.8 Å². The first-order valence-electron chi connectivity index (χ1n) is 11.8. The van der Waals surface area contributed by atoms with Crippen molar-refractivity contribution in [3.63, 3.8) is 0 Å². The highest BCUT2D eigenvalue weighted by Gasteiger charge is 2.35. The number of methoxy groups -OCH3 is 1. The van der Waals surface area contributed by atoms with Crippen molar-refractivity contribution in [1.29, 1.82) is 0 Å². The first-order valence-corrected chi connectivity index (χ1v) is 11.8. The molecule has 2 aromatic rings. The summed E-state index contributed by atoms with van der Waals surface area (Å²) in [5.41, 5.74) is 1.81. The zero-order valence-electron chi connectivity index (χ0n) is 19.6. The van der Waals surface area contributed by atoms with Crippen LogP contribution in [0.25, 0.3) is 0 Å². The number of ether oxygens (including phenoxy) is 1. The molecule has 1 unspecified atom stereocenters. The van der Waals surface area contributed by atoms with Gasteiger partial charge in [-0.15, -0.1) is 0 Å². The fourth-order valence-corrected chi connectivity index (χ4v) is 4.47. The number of piperazine rings is 1. The third kappa shape index (κ3) is 5.94. The van der Waals surface area contributed by atoms with Crippen LogP contribution >= 0.6 is 0 Å². The number of hydrogen-bond donors (Lipinski definition) is 1. The average molecular weight is 465 g/mol. The van der Waals surface area contributed by atoms with Crippen LogP contribution in [0.1, 0.15) is 12.0 Å². The van der Waals surface area contributed by atoms with Crippen LogP contribution in [-0.4, -0.2) is 80.4 Å². The second kappa shape index (κ2) is 11.2. The smallest absolute Gasteiger partial charge is 0.227 e. The molecule has 0 bridgehead atoms. The second-order valence-corrected chi connectivity index (χ2v) is 8.78. The first-order chi connectivity index (χ1) is 16.5. The number of amides is 3. The van der Waals surface area contributed by atoms with E-state index in [1.807, 2.05) is 59.5 Å². The summed E-state index contributed by atoms with van der Waals surface area (Å²) in [6, 6.07) is 17.1. The van der Waals surface area contributed by atoms with Crippen LogP contribution in [0, 0.1) is 5.92 Å². The van der Waals surface area contributed by atoms with Gasteiger partial charge >= 0.3 is 0 Å². The van der Waals surface area contributed by atoms with Gasteiger partial charge in [0.05, 0.1) is 19.4 Å². The maximum Gasteiger partial charge on any atom is 0.227 e. The molecule has 4 rings (SSSR count). The van der Waals surface area contributed by atoms with Gasteiger partial charge in [0.25, 0.3) is 0 Å². The molecule has 2 aliphatic heterocycles. The number of benzene rings is 2. The van der Waals surface area contributed by atoms with Crippen LogP contribution in [0.4, 0.5) is 5.69 Å². The fourth-order valence-electron chi connectivity index (χ4n) is 4.47. The lowest BCUT2D eigenvalue weighted by atomic mass is 10.1. The summed E-state index contributed by atoms with van der Waals surface area (Å²) < 4.78 is 5.16. The molecule has 0 saturated carbocycles. The summed E-state index contributed by atoms with van der Waals surface area (Å²) in [6.07, 6.45) is 0.635. The van der Waals surface area contributed by atoms with E-state index in [4.69, 9.17) is 4.74 Å². The predicted molar refractivity (Wildman–Crippen MR) is 130 cm³/mol. The van der Waals surface area contributed by atoms with Crippen molar-refractivity contribution in [3.05, 3.63) is 60.2 Å². The molecule has 2 aromatic carbocycles. The Morgan fingerprint density at radius 2 is 1.71 bits per heavy atom. The molecule has 8 nitrogen and oxygen atoms in total. The van der Waals surface area contributed by atoms with Crippen molar-refractivity contribution in [3.8, 4) is 5.75 Å². The maximum atomic E-state index is 12.6. The van der Waals surface area contributed by atoms with Gasteiger partial charge in [-0.1, -0.05) is 30.3 Å². The topological polar surface area (TPSA) is 82.2 Å². The molecule has 8 heteroatoms. The quantitative estimate of drug-likeness (QED) is 0.641. The SMILES string of the molecule is COc1ccc(CC(=O)N2CCN(CCNC(=O)C3CC(=O)N(c4ccccc4)C3)CC2)cc1. The number of hydrogen-bond acceptors (Lipinski definition) is 5. The van der Waals surface area contributed by atoms with E-state index in [-0.39, 0.29) is 30.1 Å². The number of nitrogens with one attached hydrogen (secondary N) is 1. The monoisotopic (exact) mass is 464 g/mol. The molecule has 1 N–H and O–H groups in total. The summed E-state index contributed by atoms with van der Waals surface area (Å²) >= 11 is 0. The summed E-state index contributed by atoms with van der Waals surface area (Å²) in [4.78, 5) is 43.4. The van der Waals surface area contributed by atoms with E-state index in [1.54, 1.807) is 12.0 Å². The van der Waals surface area contributed by atoms with Gasteiger partial charge in [-0.3, -0.25) is 19.3 Å². The van der Waals surface area contributed by atoms with Gasteiger partial charge in [-0.25, -0.2) is 0 Å². The molecule has 3 amide bonds. The summed E-state index contributed by atoms with van der Waals surface area (Å²) in [6.45, 7) is 4.63. The molecule has 2 saturated heterocycles. The summed E-state index contributed by atoms with van der Waals surface area (Å²) in [7, 11) is 1.63. The molecular weight excluding hydrogens is 432 g/mol.